The fourth-order valence-electron chi connectivity index (χ4n) is 4.28. The summed E-state index contributed by atoms with van der Waals surface area (Å²) in [7, 11) is 0. The highest BCUT2D eigenvalue weighted by atomic mass is 16.5. The van der Waals surface area contributed by atoms with E-state index in [0.29, 0.717) is 13.0 Å². The van der Waals surface area contributed by atoms with E-state index >= 15 is 0 Å². The number of fused-ring (bicyclic) bond motifs is 1. The number of hydrogen-bond donors (Lipinski definition) is 0. The minimum atomic E-state index is 0.216. The van der Waals surface area contributed by atoms with Gasteiger partial charge in [0.05, 0.1) is 12.1 Å². The minimum absolute atomic E-state index is 0.216. The van der Waals surface area contributed by atoms with E-state index in [4.69, 9.17) is 9.72 Å². The Kier molecular flexibility index (Phi) is 6.93. The lowest BCUT2D eigenvalue weighted by Gasteiger charge is -2.35. The molecule has 1 aliphatic rings. The Bertz CT molecular complexity index is 1070. The maximum Gasteiger partial charge on any atom is 0.222 e. The number of piperazine rings is 1. The van der Waals surface area contributed by atoms with Crippen LogP contribution in [0.3, 0.4) is 0 Å². The van der Waals surface area contributed by atoms with Crippen LogP contribution in [0.2, 0.25) is 0 Å². The molecule has 0 atom stereocenters. The maximum atomic E-state index is 12.6. The largest absolute Gasteiger partial charge is 0.494 e. The molecule has 0 saturated carbocycles. The van der Waals surface area contributed by atoms with Gasteiger partial charge in [-0.2, -0.15) is 0 Å². The quantitative estimate of drug-likeness (QED) is 0.498. The van der Waals surface area contributed by atoms with Crippen LogP contribution in [0, 0.1) is 13.8 Å². The van der Waals surface area contributed by atoms with Crippen LogP contribution in [0.5, 0.6) is 5.75 Å². The van der Waals surface area contributed by atoms with Gasteiger partial charge in [-0.05, 0) is 61.6 Å². The lowest BCUT2D eigenvalue weighted by Crippen LogP contribution is -2.49. The zero-order valence-electron chi connectivity index (χ0n) is 19.4. The zero-order chi connectivity index (χ0) is 22.5. The summed E-state index contributed by atoms with van der Waals surface area (Å²) in [5.74, 6) is 2.10. The van der Waals surface area contributed by atoms with E-state index in [0.717, 1.165) is 56.1 Å². The molecular formula is C27H33N3O2. The molecule has 4 rings (SSSR count). The second-order valence-corrected chi connectivity index (χ2v) is 8.59. The topological polar surface area (TPSA) is 45.7 Å². The normalized spacial score (nSPS) is 14.1. The predicted octanol–water partition coefficient (Wildman–Crippen LogP) is 4.92. The summed E-state index contributed by atoms with van der Waals surface area (Å²) in [5.41, 5.74) is 4.82. The molecule has 0 spiro atoms. The first-order valence-corrected chi connectivity index (χ1v) is 11.7. The van der Waals surface area contributed by atoms with E-state index in [1.54, 1.807) is 0 Å². The summed E-state index contributed by atoms with van der Waals surface area (Å²) in [6.07, 6.45) is 2.29. The Morgan fingerprint density at radius 3 is 2.47 bits per heavy atom. The highest BCUT2D eigenvalue weighted by Crippen LogP contribution is 2.25. The van der Waals surface area contributed by atoms with Crippen LogP contribution in [0.25, 0.3) is 10.9 Å². The molecule has 1 aliphatic heterocycles. The number of para-hydroxylation sites is 1. The molecule has 0 aliphatic carbocycles. The van der Waals surface area contributed by atoms with Gasteiger partial charge in [0.25, 0.3) is 0 Å². The summed E-state index contributed by atoms with van der Waals surface area (Å²) in [6, 6.07) is 16.7. The lowest BCUT2D eigenvalue weighted by molar-refractivity contribution is -0.131. The maximum absolute atomic E-state index is 12.6. The number of ether oxygens (including phenoxy) is 1. The fraction of sp³-hybridized carbons (Fsp3) is 0.407. The second-order valence-electron chi connectivity index (χ2n) is 8.59. The monoisotopic (exact) mass is 431 g/mol. The molecule has 1 aromatic heterocycles. The van der Waals surface area contributed by atoms with Gasteiger partial charge in [0.2, 0.25) is 5.91 Å². The Morgan fingerprint density at radius 2 is 1.75 bits per heavy atom. The van der Waals surface area contributed by atoms with E-state index < -0.39 is 0 Å². The van der Waals surface area contributed by atoms with E-state index in [2.05, 4.69) is 62.1 Å². The van der Waals surface area contributed by atoms with Crippen LogP contribution in [0.1, 0.15) is 36.5 Å². The number of hydrogen-bond acceptors (Lipinski definition) is 4. The van der Waals surface area contributed by atoms with Crippen LogP contribution in [0.4, 0.5) is 5.82 Å². The van der Waals surface area contributed by atoms with E-state index in [1.165, 1.54) is 22.1 Å². The van der Waals surface area contributed by atoms with E-state index in [-0.39, 0.29) is 5.91 Å². The second kappa shape index (κ2) is 10.0. The third-order valence-electron chi connectivity index (χ3n) is 6.33. The third-order valence-corrected chi connectivity index (χ3v) is 6.33. The molecule has 5 nitrogen and oxygen atoms in total. The van der Waals surface area contributed by atoms with Crippen molar-refractivity contribution in [2.45, 2.75) is 40.0 Å². The highest BCUT2D eigenvalue weighted by molar-refractivity contribution is 5.86. The molecule has 5 heteroatoms. The molecule has 0 radical (unpaired) electrons. The molecule has 1 saturated heterocycles. The lowest BCUT2D eigenvalue weighted by atomic mass is 10.1. The smallest absolute Gasteiger partial charge is 0.222 e. The Balaban J connectivity index is 1.25. The molecule has 0 unspecified atom stereocenters. The van der Waals surface area contributed by atoms with Gasteiger partial charge in [-0.15, -0.1) is 0 Å². The molecule has 168 valence electrons. The van der Waals surface area contributed by atoms with Crippen LogP contribution in [0.15, 0.2) is 48.5 Å². The summed E-state index contributed by atoms with van der Waals surface area (Å²) in [6.45, 7) is 10.1. The standard InChI is InChI=1S/C27H33N3O2/c1-4-22-10-12-23(13-11-22)32-18-6-9-26(31)30-16-14-29(15-17-30)25-19-21(3)24-8-5-7-20(2)27(24)28-25/h5,7-8,10-13,19H,4,6,9,14-18H2,1-3H3. The molecular weight excluding hydrogens is 398 g/mol. The van der Waals surface area contributed by atoms with Gasteiger partial charge in [-0.25, -0.2) is 4.98 Å². The number of anilines is 1. The average Bonchev–Trinajstić information content (AvgIpc) is 2.83. The van der Waals surface area contributed by atoms with Crippen molar-refractivity contribution in [3.63, 3.8) is 0 Å². The Morgan fingerprint density at radius 1 is 1.00 bits per heavy atom. The van der Waals surface area contributed by atoms with Crippen molar-refractivity contribution in [1.82, 2.24) is 9.88 Å². The molecule has 1 fully saturated rings. The molecule has 0 N–H and O–H groups in total. The van der Waals surface area contributed by atoms with Crippen LogP contribution in [-0.2, 0) is 11.2 Å². The van der Waals surface area contributed by atoms with Gasteiger partial charge in [0, 0.05) is 38.0 Å². The predicted molar refractivity (Wildman–Crippen MR) is 131 cm³/mol. The molecule has 2 heterocycles. The van der Waals surface area contributed by atoms with Crippen molar-refractivity contribution >= 4 is 22.6 Å². The van der Waals surface area contributed by atoms with Gasteiger partial charge in [-0.1, -0.05) is 37.3 Å². The summed E-state index contributed by atoms with van der Waals surface area (Å²) >= 11 is 0. The summed E-state index contributed by atoms with van der Waals surface area (Å²) < 4.78 is 5.79. The number of nitrogens with zero attached hydrogens (tertiary/aromatic N) is 3. The van der Waals surface area contributed by atoms with Gasteiger partial charge in [0.15, 0.2) is 0 Å². The first-order valence-electron chi connectivity index (χ1n) is 11.7. The van der Waals surface area contributed by atoms with Gasteiger partial charge in [0.1, 0.15) is 11.6 Å². The number of carbonyl (C=O) groups is 1. The molecule has 3 aromatic rings. The highest BCUT2D eigenvalue weighted by Gasteiger charge is 2.22. The molecule has 2 aromatic carbocycles. The number of aromatic nitrogens is 1. The minimum Gasteiger partial charge on any atom is -0.494 e. The molecule has 0 bridgehead atoms. The SMILES string of the molecule is CCc1ccc(OCCCC(=O)N2CCN(c3cc(C)c4cccc(C)c4n3)CC2)cc1. The number of rotatable bonds is 7. The summed E-state index contributed by atoms with van der Waals surface area (Å²) in [5, 5.41) is 1.21. The van der Waals surface area contributed by atoms with Crippen molar-refractivity contribution in [3.05, 3.63) is 65.2 Å². The van der Waals surface area contributed by atoms with Crippen molar-refractivity contribution in [2.24, 2.45) is 0 Å². The number of amides is 1. The first-order chi connectivity index (χ1) is 15.5. The van der Waals surface area contributed by atoms with Gasteiger partial charge in [-0.3, -0.25) is 4.79 Å². The molecule has 1 amide bonds. The van der Waals surface area contributed by atoms with Crippen molar-refractivity contribution in [3.8, 4) is 5.75 Å². The Labute approximate surface area is 191 Å². The average molecular weight is 432 g/mol. The summed E-state index contributed by atoms with van der Waals surface area (Å²) in [4.78, 5) is 21.9. The van der Waals surface area contributed by atoms with Gasteiger partial charge >= 0.3 is 0 Å². The number of aryl methyl sites for hydroxylation is 3. The van der Waals surface area contributed by atoms with Crippen LogP contribution >= 0.6 is 0 Å². The number of pyridine rings is 1. The van der Waals surface area contributed by atoms with E-state index in [1.807, 2.05) is 17.0 Å². The van der Waals surface area contributed by atoms with Crippen LogP contribution < -0.4 is 9.64 Å². The van der Waals surface area contributed by atoms with Crippen molar-refractivity contribution in [1.29, 1.82) is 0 Å². The number of benzene rings is 2. The first kappa shape index (κ1) is 22.1. The van der Waals surface area contributed by atoms with Gasteiger partial charge < -0.3 is 14.5 Å². The van der Waals surface area contributed by atoms with Crippen molar-refractivity contribution < 1.29 is 9.53 Å². The molecule has 32 heavy (non-hydrogen) atoms. The zero-order valence-corrected chi connectivity index (χ0v) is 19.4. The fourth-order valence-corrected chi connectivity index (χ4v) is 4.28. The Hall–Kier alpha value is -3.08. The van der Waals surface area contributed by atoms with E-state index in [9.17, 15) is 4.79 Å². The third kappa shape index (κ3) is 5.04. The van der Waals surface area contributed by atoms with Crippen molar-refractivity contribution in [2.75, 3.05) is 37.7 Å². The van der Waals surface area contributed by atoms with Crippen LogP contribution in [-0.4, -0.2) is 48.6 Å². The number of carbonyl (C=O) groups excluding carboxylic acids is 1.